The number of carbonyl (C=O) groups excluding carboxylic acids is 1. The highest BCUT2D eigenvalue weighted by atomic mass is 32.2. The van der Waals surface area contributed by atoms with Crippen LogP contribution in [0.5, 0.6) is 5.75 Å². The fourth-order valence-electron chi connectivity index (χ4n) is 2.61. The lowest BCUT2D eigenvalue weighted by molar-refractivity contribution is 0.0999. The van der Waals surface area contributed by atoms with Crippen LogP contribution in [0.25, 0.3) is 0 Å². The predicted molar refractivity (Wildman–Crippen MR) is 81.2 cm³/mol. The quantitative estimate of drug-likeness (QED) is 0.874. The van der Waals surface area contributed by atoms with E-state index < -0.39 is 16.0 Å². The molecule has 0 unspecified atom stereocenters. The van der Waals surface area contributed by atoms with Gasteiger partial charge in [0.25, 0.3) is 5.91 Å². The molecule has 5 nitrogen and oxygen atoms in total. The molecule has 0 bridgehead atoms. The molecule has 2 aromatic carbocycles. The highest BCUT2D eigenvalue weighted by Crippen LogP contribution is 2.27. The molecule has 0 aromatic heterocycles. The molecule has 3 rings (SSSR count). The maximum absolute atomic E-state index is 12.4. The van der Waals surface area contributed by atoms with E-state index in [2.05, 4.69) is 0 Å². The minimum Gasteiger partial charge on any atom is -0.378 e. The van der Waals surface area contributed by atoms with Gasteiger partial charge in [-0.25, -0.2) is 0 Å². The Morgan fingerprint density at radius 3 is 2.55 bits per heavy atom. The highest BCUT2D eigenvalue weighted by molar-refractivity contribution is 7.87. The van der Waals surface area contributed by atoms with Gasteiger partial charge in [-0.05, 0) is 54.7 Å². The van der Waals surface area contributed by atoms with Gasteiger partial charge < -0.3 is 9.92 Å². The van der Waals surface area contributed by atoms with Gasteiger partial charge in [0.05, 0.1) is 5.56 Å². The summed E-state index contributed by atoms with van der Waals surface area (Å²) in [6.45, 7) is 0. The first-order valence-corrected chi connectivity index (χ1v) is 8.33. The fourth-order valence-corrected chi connectivity index (χ4v) is 3.61. The molecule has 2 aromatic rings. The molecular weight excluding hydrogens is 302 g/mol. The van der Waals surface area contributed by atoms with Gasteiger partial charge in [-0.15, -0.1) is 0 Å². The first-order valence-electron chi connectivity index (χ1n) is 6.92. The van der Waals surface area contributed by atoms with Crippen LogP contribution >= 0.6 is 0 Å². The average Bonchev–Trinajstić information content (AvgIpc) is 2.94. The number of hydrogen-bond acceptors (Lipinski definition) is 4. The normalized spacial score (nSPS) is 13.6. The first kappa shape index (κ1) is 14.6. The molecule has 2 N–H and O–H groups in total. The highest BCUT2D eigenvalue weighted by Gasteiger charge is 2.22. The maximum atomic E-state index is 12.4. The van der Waals surface area contributed by atoms with Gasteiger partial charge in [-0.2, -0.15) is 8.42 Å². The summed E-state index contributed by atoms with van der Waals surface area (Å²) >= 11 is 0. The van der Waals surface area contributed by atoms with E-state index >= 15 is 0 Å². The molecule has 1 amide bonds. The summed E-state index contributed by atoms with van der Waals surface area (Å²) in [5.41, 5.74) is 7.48. The van der Waals surface area contributed by atoms with Gasteiger partial charge in [0.15, 0.2) is 5.75 Å². The van der Waals surface area contributed by atoms with Crippen LogP contribution < -0.4 is 9.92 Å². The van der Waals surface area contributed by atoms with E-state index in [9.17, 15) is 13.2 Å². The van der Waals surface area contributed by atoms with Gasteiger partial charge in [0.1, 0.15) is 4.90 Å². The Balaban J connectivity index is 1.96. The zero-order valence-electron chi connectivity index (χ0n) is 11.8. The third kappa shape index (κ3) is 2.69. The zero-order valence-corrected chi connectivity index (χ0v) is 12.6. The Hall–Kier alpha value is -2.34. The van der Waals surface area contributed by atoms with Crippen molar-refractivity contribution in [2.24, 2.45) is 5.73 Å². The molecule has 0 saturated heterocycles. The standard InChI is InChI=1S/C16H15NO4S/c17-16(18)14-6-1-2-7-15(14)21-22(19,20)13-9-8-11-4-3-5-12(11)10-13/h1-2,6-10H,3-5H2,(H2,17,18). The summed E-state index contributed by atoms with van der Waals surface area (Å²) in [6.07, 6.45) is 2.88. The number of para-hydroxylation sites is 1. The van der Waals surface area contributed by atoms with Crippen molar-refractivity contribution in [3.63, 3.8) is 0 Å². The molecule has 0 aliphatic heterocycles. The third-order valence-corrected chi connectivity index (χ3v) is 4.94. The number of benzene rings is 2. The van der Waals surface area contributed by atoms with Crippen molar-refractivity contribution >= 4 is 16.0 Å². The molecule has 0 spiro atoms. The molecule has 1 aliphatic carbocycles. The maximum Gasteiger partial charge on any atom is 0.339 e. The summed E-state index contributed by atoms with van der Waals surface area (Å²) in [5.74, 6) is -0.796. The van der Waals surface area contributed by atoms with Crippen molar-refractivity contribution in [3.05, 3.63) is 59.2 Å². The van der Waals surface area contributed by atoms with E-state index in [4.69, 9.17) is 9.92 Å². The second-order valence-corrected chi connectivity index (χ2v) is 6.73. The van der Waals surface area contributed by atoms with E-state index in [0.29, 0.717) is 0 Å². The predicted octanol–water partition coefficient (Wildman–Crippen LogP) is 2.04. The van der Waals surface area contributed by atoms with E-state index in [1.165, 1.54) is 23.8 Å². The SMILES string of the molecule is NC(=O)c1ccccc1OS(=O)(=O)c1ccc2c(c1)CCC2. The topological polar surface area (TPSA) is 86.5 Å². The molecule has 0 fully saturated rings. The monoisotopic (exact) mass is 317 g/mol. The van der Waals surface area contributed by atoms with Crippen molar-refractivity contribution in [2.45, 2.75) is 24.2 Å². The Labute approximate surface area is 128 Å². The second kappa shape index (κ2) is 5.46. The molecule has 0 radical (unpaired) electrons. The van der Waals surface area contributed by atoms with Crippen LogP contribution in [0.15, 0.2) is 47.4 Å². The summed E-state index contributed by atoms with van der Waals surface area (Å²) < 4.78 is 29.9. The number of fused-ring (bicyclic) bond motifs is 1. The number of hydrogen-bond donors (Lipinski definition) is 1. The molecule has 22 heavy (non-hydrogen) atoms. The second-order valence-electron chi connectivity index (χ2n) is 5.18. The van der Waals surface area contributed by atoms with Gasteiger partial charge >= 0.3 is 10.1 Å². The minimum atomic E-state index is -4.00. The van der Waals surface area contributed by atoms with E-state index in [-0.39, 0.29) is 16.2 Å². The zero-order chi connectivity index (χ0) is 15.7. The fraction of sp³-hybridized carbons (Fsp3) is 0.188. The van der Waals surface area contributed by atoms with Crippen LogP contribution in [-0.2, 0) is 23.0 Å². The summed E-state index contributed by atoms with van der Waals surface area (Å²) in [5, 5.41) is 0. The summed E-state index contributed by atoms with van der Waals surface area (Å²) in [7, 11) is -4.00. The molecule has 1 aliphatic rings. The van der Waals surface area contributed by atoms with E-state index in [0.717, 1.165) is 24.8 Å². The third-order valence-electron chi connectivity index (χ3n) is 3.71. The van der Waals surface area contributed by atoms with Gasteiger partial charge in [0.2, 0.25) is 0 Å². The van der Waals surface area contributed by atoms with Crippen molar-refractivity contribution in [3.8, 4) is 5.75 Å². The average molecular weight is 317 g/mol. The Bertz CT molecular complexity index is 843. The molecule has 0 atom stereocenters. The van der Waals surface area contributed by atoms with Crippen molar-refractivity contribution in [1.29, 1.82) is 0 Å². The summed E-state index contributed by atoms with van der Waals surface area (Å²) in [4.78, 5) is 11.4. The lowest BCUT2D eigenvalue weighted by Crippen LogP contribution is -2.16. The van der Waals surface area contributed by atoms with Crippen molar-refractivity contribution < 1.29 is 17.4 Å². The van der Waals surface area contributed by atoms with Crippen LogP contribution in [0.2, 0.25) is 0 Å². The number of nitrogens with two attached hydrogens (primary N) is 1. The molecule has 114 valence electrons. The molecule has 6 heteroatoms. The lowest BCUT2D eigenvalue weighted by atomic mass is 10.1. The Morgan fingerprint density at radius 2 is 1.77 bits per heavy atom. The smallest absolute Gasteiger partial charge is 0.339 e. The molecule has 0 heterocycles. The molecule has 0 saturated carbocycles. The van der Waals surface area contributed by atoms with Crippen molar-refractivity contribution in [1.82, 2.24) is 0 Å². The van der Waals surface area contributed by atoms with Crippen LogP contribution in [0.4, 0.5) is 0 Å². The number of carbonyl (C=O) groups is 1. The largest absolute Gasteiger partial charge is 0.378 e. The lowest BCUT2D eigenvalue weighted by Gasteiger charge is -2.10. The minimum absolute atomic E-state index is 0.0345. The van der Waals surface area contributed by atoms with Crippen LogP contribution in [0.3, 0.4) is 0 Å². The summed E-state index contributed by atoms with van der Waals surface area (Å²) in [6, 6.07) is 11.0. The number of aryl methyl sites for hydroxylation is 2. The van der Waals surface area contributed by atoms with E-state index in [1.54, 1.807) is 18.2 Å². The van der Waals surface area contributed by atoms with Crippen molar-refractivity contribution in [2.75, 3.05) is 0 Å². The number of rotatable bonds is 4. The van der Waals surface area contributed by atoms with Gasteiger partial charge in [-0.3, -0.25) is 4.79 Å². The Kier molecular flexibility index (Phi) is 3.62. The number of primary amides is 1. The van der Waals surface area contributed by atoms with Gasteiger partial charge in [0, 0.05) is 0 Å². The van der Waals surface area contributed by atoms with E-state index in [1.807, 2.05) is 6.07 Å². The van der Waals surface area contributed by atoms with Crippen LogP contribution in [0.1, 0.15) is 27.9 Å². The molecular formula is C16H15NO4S. The number of amides is 1. The Morgan fingerprint density at radius 1 is 1.05 bits per heavy atom. The van der Waals surface area contributed by atoms with Gasteiger partial charge in [-0.1, -0.05) is 18.2 Å². The van der Waals surface area contributed by atoms with Crippen LogP contribution in [-0.4, -0.2) is 14.3 Å². The first-order chi connectivity index (χ1) is 10.5. The van der Waals surface area contributed by atoms with Crippen LogP contribution in [0, 0.1) is 0 Å².